The highest BCUT2D eigenvalue weighted by Gasteiger charge is 2.36. The molecule has 0 unspecified atom stereocenters. The van der Waals surface area contributed by atoms with Crippen molar-refractivity contribution in [3.05, 3.63) is 70.6 Å². The third kappa shape index (κ3) is 3.18. The van der Waals surface area contributed by atoms with E-state index in [0.29, 0.717) is 0 Å². The van der Waals surface area contributed by atoms with Gasteiger partial charge in [-0.2, -0.15) is 0 Å². The minimum absolute atomic E-state index is 0.285. The highest BCUT2D eigenvalue weighted by Crippen LogP contribution is 2.34. The Balaban J connectivity index is 1.72. The summed E-state index contributed by atoms with van der Waals surface area (Å²) in [7, 11) is 7.47. The van der Waals surface area contributed by atoms with Crippen molar-refractivity contribution in [2.24, 2.45) is 0 Å². The van der Waals surface area contributed by atoms with Gasteiger partial charge in [0.1, 0.15) is 18.1 Å². The molecule has 2 aromatic rings. The Morgan fingerprint density at radius 2 is 1.14 bits per heavy atom. The molecule has 0 spiro atoms. The Bertz CT molecular complexity index is 605. The second-order valence-corrected chi connectivity index (χ2v) is 5.41. The maximum Gasteiger partial charge on any atom is 0.149 e. The van der Waals surface area contributed by atoms with Crippen LogP contribution >= 0.6 is 0 Å². The molecular formula is C16H14B3O2. The molecule has 0 atom stereocenters. The number of hydrogen-bond donors (Lipinski definition) is 2. The van der Waals surface area contributed by atoms with E-state index in [1.54, 1.807) is 31.3 Å². The smallest absolute Gasteiger partial charge is 0.149 e. The highest BCUT2D eigenvalue weighted by molar-refractivity contribution is 7.40. The Labute approximate surface area is 127 Å². The lowest BCUT2D eigenvalue weighted by Gasteiger charge is -1.98. The van der Waals surface area contributed by atoms with Gasteiger partial charge in [0, 0.05) is 14.8 Å². The summed E-state index contributed by atoms with van der Waals surface area (Å²) in [4.78, 5) is 0. The molecule has 0 aliphatic carbocycles. The molecule has 2 nitrogen and oxygen atoms in total. The lowest BCUT2D eigenvalue weighted by atomic mass is 9.18. The molecular weight excluding hydrogens is 257 g/mol. The van der Waals surface area contributed by atoms with Crippen LogP contribution in [-0.2, 0) is 12.8 Å². The van der Waals surface area contributed by atoms with Crippen LogP contribution in [0, 0.1) is 0 Å². The zero-order valence-corrected chi connectivity index (χ0v) is 11.7. The minimum Gasteiger partial charge on any atom is -0.508 e. The first-order valence-corrected chi connectivity index (χ1v) is 7.00. The first-order chi connectivity index (χ1) is 10.2. The molecule has 0 fully saturated rings. The van der Waals surface area contributed by atoms with Gasteiger partial charge in [0.2, 0.25) is 0 Å². The molecule has 1 aliphatic heterocycles. The van der Waals surface area contributed by atoms with Crippen LogP contribution in [0.2, 0.25) is 0 Å². The van der Waals surface area contributed by atoms with Gasteiger partial charge in [-0.05, 0) is 48.2 Å². The lowest BCUT2D eigenvalue weighted by Crippen LogP contribution is -2.12. The van der Waals surface area contributed by atoms with Gasteiger partial charge >= 0.3 is 0 Å². The summed E-state index contributed by atoms with van der Waals surface area (Å²) in [6.07, 6.45) is 1.73. The van der Waals surface area contributed by atoms with Crippen LogP contribution in [0.15, 0.2) is 59.5 Å². The molecule has 2 aromatic carbocycles. The monoisotopic (exact) mass is 271 g/mol. The van der Waals surface area contributed by atoms with Gasteiger partial charge in [-0.15, -0.1) is 10.9 Å². The average molecular weight is 271 g/mol. The maximum absolute atomic E-state index is 9.32. The molecule has 21 heavy (non-hydrogen) atoms. The summed E-state index contributed by atoms with van der Waals surface area (Å²) < 4.78 is 0. The number of phenols is 2. The molecule has 1 aliphatic rings. The number of hydrogen-bond acceptors (Lipinski definition) is 2. The summed E-state index contributed by atoms with van der Waals surface area (Å²) in [5.74, 6) is 0.574. The second-order valence-electron chi connectivity index (χ2n) is 5.41. The fourth-order valence-corrected chi connectivity index (χ4v) is 2.69. The molecule has 2 N–H and O–H groups in total. The first kappa shape index (κ1) is 13.9. The Hall–Kier alpha value is -2.03. The maximum atomic E-state index is 9.32. The molecule has 99 valence electrons. The molecule has 0 saturated heterocycles. The molecule has 0 saturated carbocycles. The number of allylic oxidation sites excluding steroid dienone is 2. The fourth-order valence-electron chi connectivity index (χ4n) is 2.69. The summed E-state index contributed by atoms with van der Waals surface area (Å²) in [5.41, 5.74) is 5.07. The van der Waals surface area contributed by atoms with Gasteiger partial charge in [-0.25, -0.2) is 0 Å². The van der Waals surface area contributed by atoms with Crippen molar-refractivity contribution < 1.29 is 10.2 Å². The van der Waals surface area contributed by atoms with E-state index < -0.39 is 0 Å². The van der Waals surface area contributed by atoms with Crippen LogP contribution in [0.25, 0.3) is 0 Å². The minimum atomic E-state index is 0.285. The SMILES string of the molecule is [B][B]B1C(Cc2ccc(O)cc2)=C1Cc1ccc(O)cc1. The summed E-state index contributed by atoms with van der Waals surface area (Å²) in [6, 6.07) is 14.6. The predicted octanol–water partition coefficient (Wildman–Crippen LogP) is 2.05. The molecule has 3 radical (unpaired) electrons. The van der Waals surface area contributed by atoms with Crippen LogP contribution in [-0.4, -0.2) is 31.6 Å². The fraction of sp³-hybridized carbons (Fsp3) is 0.125. The van der Waals surface area contributed by atoms with Crippen molar-refractivity contribution in [2.45, 2.75) is 12.8 Å². The number of aromatic hydroxyl groups is 2. The summed E-state index contributed by atoms with van der Waals surface area (Å²) in [6.45, 7) is 0.285. The van der Waals surface area contributed by atoms with E-state index in [-0.39, 0.29) is 18.1 Å². The normalized spacial score (nSPS) is 13.4. The van der Waals surface area contributed by atoms with E-state index in [2.05, 4.69) is 0 Å². The Kier molecular flexibility index (Phi) is 3.83. The van der Waals surface area contributed by atoms with Gasteiger partial charge in [-0.1, -0.05) is 24.3 Å². The van der Waals surface area contributed by atoms with Crippen molar-refractivity contribution in [1.82, 2.24) is 0 Å². The van der Waals surface area contributed by atoms with E-state index in [9.17, 15) is 10.2 Å². The van der Waals surface area contributed by atoms with Crippen molar-refractivity contribution >= 4 is 21.4 Å². The lowest BCUT2D eigenvalue weighted by molar-refractivity contribution is 0.474. The van der Waals surface area contributed by atoms with Crippen LogP contribution in [0.4, 0.5) is 0 Å². The van der Waals surface area contributed by atoms with E-state index in [1.807, 2.05) is 24.3 Å². The van der Waals surface area contributed by atoms with Crippen LogP contribution in [0.5, 0.6) is 11.5 Å². The molecule has 0 aromatic heterocycles. The first-order valence-electron chi connectivity index (χ1n) is 7.00. The van der Waals surface area contributed by atoms with Crippen molar-refractivity contribution in [3.63, 3.8) is 0 Å². The van der Waals surface area contributed by atoms with Gasteiger partial charge in [0.15, 0.2) is 0 Å². The number of rotatable bonds is 5. The van der Waals surface area contributed by atoms with E-state index in [4.69, 9.17) is 7.74 Å². The molecule has 5 heteroatoms. The zero-order valence-electron chi connectivity index (χ0n) is 11.7. The topological polar surface area (TPSA) is 40.5 Å². The van der Waals surface area contributed by atoms with Crippen molar-refractivity contribution in [3.8, 4) is 11.5 Å². The van der Waals surface area contributed by atoms with E-state index in [0.717, 1.165) is 12.8 Å². The third-order valence-corrected chi connectivity index (χ3v) is 3.93. The number of benzene rings is 2. The van der Waals surface area contributed by atoms with Crippen molar-refractivity contribution in [1.29, 1.82) is 0 Å². The number of phenolic OH excluding ortho intramolecular Hbond substituents is 2. The quantitative estimate of drug-likeness (QED) is 0.817. The van der Waals surface area contributed by atoms with Crippen LogP contribution in [0.1, 0.15) is 11.1 Å². The summed E-state index contributed by atoms with van der Waals surface area (Å²) >= 11 is 0. The average Bonchev–Trinajstić information content (AvgIpc) is 3.15. The van der Waals surface area contributed by atoms with Gasteiger partial charge in [0.05, 0.1) is 0 Å². The van der Waals surface area contributed by atoms with Crippen LogP contribution < -0.4 is 0 Å². The van der Waals surface area contributed by atoms with E-state index >= 15 is 0 Å². The standard InChI is InChI=1S/C16H14B3O2/c17-18-19-15(9-11-1-5-13(20)6-2-11)16(19)10-12-3-7-14(21)8-4-12/h1-8,20-21H,9-10H2. The highest BCUT2D eigenvalue weighted by atomic mass is 16.3. The van der Waals surface area contributed by atoms with Crippen LogP contribution in [0.3, 0.4) is 0 Å². The Morgan fingerprint density at radius 3 is 1.48 bits per heavy atom. The Morgan fingerprint density at radius 1 is 0.762 bits per heavy atom. The second kappa shape index (κ2) is 5.76. The van der Waals surface area contributed by atoms with Gasteiger partial charge in [0.25, 0.3) is 0 Å². The molecule has 3 rings (SSSR count). The van der Waals surface area contributed by atoms with Crippen molar-refractivity contribution in [2.75, 3.05) is 0 Å². The zero-order chi connectivity index (χ0) is 14.8. The van der Waals surface area contributed by atoms with Gasteiger partial charge in [-0.3, -0.25) is 0 Å². The molecule has 0 bridgehead atoms. The third-order valence-electron chi connectivity index (χ3n) is 3.93. The summed E-state index contributed by atoms with van der Waals surface area (Å²) in [5, 5.41) is 18.6. The predicted molar refractivity (Wildman–Crippen MR) is 87.9 cm³/mol. The molecule has 0 amide bonds. The van der Waals surface area contributed by atoms with E-state index in [1.165, 1.54) is 22.1 Å². The largest absolute Gasteiger partial charge is 0.508 e. The molecule has 1 heterocycles. The van der Waals surface area contributed by atoms with Gasteiger partial charge < -0.3 is 10.2 Å².